The van der Waals surface area contributed by atoms with Crippen molar-refractivity contribution in [2.24, 2.45) is 0 Å². The van der Waals surface area contributed by atoms with Crippen LogP contribution in [0.1, 0.15) is 28.2 Å². The predicted molar refractivity (Wildman–Crippen MR) is 109 cm³/mol. The highest BCUT2D eigenvalue weighted by Gasteiger charge is 2.18. The second-order valence-electron chi connectivity index (χ2n) is 7.02. The normalized spacial score (nSPS) is 12.4. The number of aromatic nitrogens is 2. The molecule has 0 radical (unpaired) electrons. The zero-order valence-electron chi connectivity index (χ0n) is 16.5. The Balaban J connectivity index is 1.37. The molecular weight excluding hydrogens is 386 g/mol. The fourth-order valence-electron chi connectivity index (χ4n) is 3.46. The second-order valence-corrected chi connectivity index (χ2v) is 7.02. The molecule has 0 bridgehead atoms. The molecule has 0 atom stereocenters. The van der Waals surface area contributed by atoms with Crippen molar-refractivity contribution in [1.29, 1.82) is 0 Å². The summed E-state index contributed by atoms with van der Waals surface area (Å²) < 4.78 is 11.9. The van der Waals surface area contributed by atoms with Crippen LogP contribution in [0.4, 0.5) is 0 Å². The van der Waals surface area contributed by atoms with Gasteiger partial charge in [-0.15, -0.1) is 0 Å². The van der Waals surface area contributed by atoms with Crippen LogP contribution < -0.4 is 15.6 Å². The van der Waals surface area contributed by atoms with Gasteiger partial charge in [0.25, 0.3) is 11.5 Å². The lowest BCUT2D eigenvalue weighted by Gasteiger charge is -2.09. The molecule has 1 N–H and O–H groups in total. The lowest BCUT2D eigenvalue weighted by Crippen LogP contribution is -2.28. The zero-order chi connectivity index (χ0) is 21.1. The Morgan fingerprint density at radius 1 is 1.20 bits per heavy atom. The lowest BCUT2D eigenvalue weighted by molar-refractivity contribution is -0.124. The van der Waals surface area contributed by atoms with Crippen molar-refractivity contribution in [2.45, 2.75) is 25.9 Å². The van der Waals surface area contributed by atoms with E-state index in [0.29, 0.717) is 29.7 Å². The maximum absolute atomic E-state index is 12.5. The number of hydrogen-bond acceptors (Lipinski definition) is 6. The fraction of sp³-hybridized carbons (Fsp3) is 0.273. The number of esters is 1. The number of benzene rings is 2. The quantitative estimate of drug-likeness (QED) is 0.626. The standard InChI is InChI=1S/C22H21N3O5/c1-29-16-5-2-4-14(10-16)12-23-20(26)13-30-22(28)15-7-8-17-18(11-15)24-19-6-3-9-25(19)21(17)27/h2,4-5,7-8,10-11H,3,6,9,12-13H2,1H3,(H,23,26). The van der Waals surface area contributed by atoms with Gasteiger partial charge in [0.15, 0.2) is 6.61 Å². The van der Waals surface area contributed by atoms with Crippen LogP contribution in [0.25, 0.3) is 10.9 Å². The number of carbonyl (C=O) groups is 2. The molecule has 4 rings (SSSR count). The van der Waals surface area contributed by atoms with Gasteiger partial charge in [0.1, 0.15) is 11.6 Å². The number of rotatable bonds is 6. The summed E-state index contributed by atoms with van der Waals surface area (Å²) in [5.41, 5.74) is 1.49. The molecule has 154 valence electrons. The summed E-state index contributed by atoms with van der Waals surface area (Å²) in [4.78, 5) is 41.3. The molecule has 3 aromatic rings. The van der Waals surface area contributed by atoms with Crippen LogP contribution in [0.3, 0.4) is 0 Å². The number of nitrogens with zero attached hydrogens (tertiary/aromatic N) is 2. The highest BCUT2D eigenvalue weighted by Crippen LogP contribution is 2.17. The number of hydrogen-bond donors (Lipinski definition) is 1. The number of nitrogens with one attached hydrogen (secondary N) is 1. The fourth-order valence-corrected chi connectivity index (χ4v) is 3.46. The van der Waals surface area contributed by atoms with Crippen molar-refractivity contribution >= 4 is 22.8 Å². The Morgan fingerprint density at radius 2 is 2.07 bits per heavy atom. The van der Waals surface area contributed by atoms with Crippen molar-refractivity contribution in [3.63, 3.8) is 0 Å². The van der Waals surface area contributed by atoms with Gasteiger partial charge in [-0.25, -0.2) is 9.78 Å². The third-order valence-corrected chi connectivity index (χ3v) is 5.01. The Hall–Kier alpha value is -3.68. The summed E-state index contributed by atoms with van der Waals surface area (Å²) in [5.74, 6) is 0.371. The minimum Gasteiger partial charge on any atom is -0.497 e. The molecule has 1 amide bonds. The van der Waals surface area contributed by atoms with E-state index in [1.807, 2.05) is 24.3 Å². The van der Waals surface area contributed by atoms with E-state index in [0.717, 1.165) is 24.2 Å². The summed E-state index contributed by atoms with van der Waals surface area (Å²) in [6.45, 7) is 0.565. The van der Waals surface area contributed by atoms with Gasteiger partial charge in [-0.2, -0.15) is 0 Å². The van der Waals surface area contributed by atoms with E-state index in [2.05, 4.69) is 10.3 Å². The van der Waals surface area contributed by atoms with Gasteiger partial charge in [0, 0.05) is 19.5 Å². The van der Waals surface area contributed by atoms with Crippen molar-refractivity contribution < 1.29 is 19.1 Å². The highest BCUT2D eigenvalue weighted by molar-refractivity contribution is 5.95. The molecular formula is C22H21N3O5. The molecule has 0 saturated carbocycles. The van der Waals surface area contributed by atoms with E-state index >= 15 is 0 Å². The molecule has 2 aromatic carbocycles. The average Bonchev–Trinajstić information content (AvgIpc) is 3.24. The molecule has 0 spiro atoms. The molecule has 0 aliphatic carbocycles. The Bertz CT molecular complexity index is 1190. The van der Waals surface area contributed by atoms with Gasteiger partial charge in [-0.1, -0.05) is 12.1 Å². The molecule has 0 fully saturated rings. The molecule has 30 heavy (non-hydrogen) atoms. The number of aryl methyl sites for hydroxylation is 1. The summed E-state index contributed by atoms with van der Waals surface area (Å²) in [6, 6.07) is 11.9. The first-order valence-corrected chi connectivity index (χ1v) is 9.65. The maximum atomic E-state index is 12.5. The molecule has 1 aromatic heterocycles. The number of carbonyl (C=O) groups excluding carboxylic acids is 2. The topological polar surface area (TPSA) is 99.5 Å². The first-order chi connectivity index (χ1) is 14.5. The van der Waals surface area contributed by atoms with Gasteiger partial charge in [-0.3, -0.25) is 14.2 Å². The number of amides is 1. The van der Waals surface area contributed by atoms with Crippen LogP contribution in [0.15, 0.2) is 47.3 Å². The maximum Gasteiger partial charge on any atom is 0.338 e. The van der Waals surface area contributed by atoms with Crippen molar-refractivity contribution in [3.8, 4) is 5.75 Å². The van der Waals surface area contributed by atoms with Crippen molar-refractivity contribution in [2.75, 3.05) is 13.7 Å². The van der Waals surface area contributed by atoms with Crippen LogP contribution in [0, 0.1) is 0 Å². The van der Waals surface area contributed by atoms with E-state index < -0.39 is 18.5 Å². The summed E-state index contributed by atoms with van der Waals surface area (Å²) in [6.07, 6.45) is 1.63. The molecule has 1 aliphatic heterocycles. The van der Waals surface area contributed by atoms with Gasteiger partial charge in [-0.05, 0) is 42.3 Å². The van der Waals surface area contributed by atoms with E-state index in [9.17, 15) is 14.4 Å². The summed E-state index contributed by atoms with van der Waals surface area (Å²) in [7, 11) is 1.57. The van der Waals surface area contributed by atoms with E-state index in [1.165, 1.54) is 12.1 Å². The van der Waals surface area contributed by atoms with E-state index in [1.54, 1.807) is 17.7 Å². The highest BCUT2D eigenvalue weighted by atomic mass is 16.5. The molecule has 8 nitrogen and oxygen atoms in total. The van der Waals surface area contributed by atoms with Gasteiger partial charge in [0.05, 0.1) is 23.6 Å². The third-order valence-electron chi connectivity index (χ3n) is 5.01. The van der Waals surface area contributed by atoms with Crippen LogP contribution in [0.2, 0.25) is 0 Å². The van der Waals surface area contributed by atoms with Gasteiger partial charge >= 0.3 is 5.97 Å². The SMILES string of the molecule is COc1cccc(CNC(=O)COC(=O)c2ccc3c(=O)n4c(nc3c2)CCC4)c1. The monoisotopic (exact) mass is 407 g/mol. The lowest BCUT2D eigenvalue weighted by atomic mass is 10.1. The minimum absolute atomic E-state index is 0.0932. The zero-order valence-corrected chi connectivity index (χ0v) is 16.5. The smallest absolute Gasteiger partial charge is 0.338 e. The number of methoxy groups -OCH3 is 1. The molecule has 2 heterocycles. The molecule has 1 aliphatic rings. The summed E-state index contributed by atoms with van der Waals surface area (Å²) in [5, 5.41) is 3.16. The largest absolute Gasteiger partial charge is 0.497 e. The van der Waals surface area contributed by atoms with Crippen LogP contribution in [0.5, 0.6) is 5.75 Å². The molecule has 0 saturated heterocycles. The Labute approximate surface area is 172 Å². The predicted octanol–water partition coefficient (Wildman–Crippen LogP) is 1.82. The Kier molecular flexibility index (Phi) is 5.47. The second kappa shape index (κ2) is 8.36. The number of fused-ring (bicyclic) bond motifs is 2. The van der Waals surface area contributed by atoms with E-state index in [-0.39, 0.29) is 11.1 Å². The first-order valence-electron chi connectivity index (χ1n) is 9.65. The molecule has 8 heteroatoms. The van der Waals surface area contributed by atoms with Crippen LogP contribution in [-0.2, 0) is 29.0 Å². The van der Waals surface area contributed by atoms with Crippen molar-refractivity contribution in [1.82, 2.24) is 14.9 Å². The van der Waals surface area contributed by atoms with Crippen molar-refractivity contribution in [3.05, 3.63) is 69.8 Å². The third kappa shape index (κ3) is 4.03. The van der Waals surface area contributed by atoms with E-state index in [4.69, 9.17) is 9.47 Å². The minimum atomic E-state index is -0.643. The van der Waals surface area contributed by atoms with Gasteiger partial charge < -0.3 is 14.8 Å². The Morgan fingerprint density at radius 3 is 2.90 bits per heavy atom. The molecule has 0 unspecified atom stereocenters. The average molecular weight is 407 g/mol. The summed E-state index contributed by atoms with van der Waals surface area (Å²) >= 11 is 0. The van der Waals surface area contributed by atoms with Crippen LogP contribution >= 0.6 is 0 Å². The van der Waals surface area contributed by atoms with Crippen LogP contribution in [-0.4, -0.2) is 35.1 Å². The van der Waals surface area contributed by atoms with Gasteiger partial charge in [0.2, 0.25) is 0 Å². The first kappa shape index (κ1) is 19.6. The number of ether oxygens (including phenoxy) is 2.